The fourth-order valence-electron chi connectivity index (χ4n) is 1.51. The van der Waals surface area contributed by atoms with E-state index >= 15 is 0 Å². The molecule has 0 spiro atoms. The number of hydrogen-bond donors (Lipinski definition) is 2. The second-order valence-corrected chi connectivity index (χ2v) is 6.43. The first kappa shape index (κ1) is 17.5. The molecule has 0 aliphatic heterocycles. The Balaban J connectivity index is 0.00000200. The van der Waals surface area contributed by atoms with E-state index in [0.29, 0.717) is 6.54 Å². The Hall–Kier alpha value is -0.540. The van der Waals surface area contributed by atoms with E-state index in [1.54, 1.807) is 23.9 Å². The highest BCUT2D eigenvalue weighted by Gasteiger charge is 2.01. The van der Waals surface area contributed by atoms with Gasteiger partial charge in [-0.05, 0) is 41.1 Å². The van der Waals surface area contributed by atoms with Crippen LogP contribution in [0.2, 0.25) is 0 Å². The van der Waals surface area contributed by atoms with Gasteiger partial charge < -0.3 is 15.1 Å². The third-order valence-corrected chi connectivity index (χ3v) is 4.03. The quantitative estimate of drug-likeness (QED) is 0.395. The highest BCUT2D eigenvalue weighted by molar-refractivity contribution is 14.0. The number of nitrogens with one attached hydrogen (secondary N) is 2. The predicted octanol–water partition coefficient (Wildman–Crippen LogP) is 3.98. The summed E-state index contributed by atoms with van der Waals surface area (Å²) >= 11 is 5.18. The molecule has 0 bridgehead atoms. The van der Waals surface area contributed by atoms with Crippen LogP contribution in [-0.2, 0) is 13.1 Å². The summed E-state index contributed by atoms with van der Waals surface area (Å²) in [7, 11) is 0. The maximum Gasteiger partial charge on any atom is 0.191 e. The van der Waals surface area contributed by atoms with Crippen LogP contribution in [-0.4, -0.2) is 12.5 Å². The van der Waals surface area contributed by atoms with E-state index in [1.165, 1.54) is 4.88 Å². The van der Waals surface area contributed by atoms with Gasteiger partial charge in [0.1, 0.15) is 0 Å². The number of nitrogens with zero attached hydrogens (tertiary/aromatic N) is 1. The SMILES string of the molecule is CCNC(=NCc1ccoc1)NCc1ccc(Br)s1.I. The molecule has 2 aromatic heterocycles. The van der Waals surface area contributed by atoms with E-state index in [9.17, 15) is 0 Å². The summed E-state index contributed by atoms with van der Waals surface area (Å²) in [5, 5.41) is 6.53. The standard InChI is InChI=1S/C13H16BrN3OS.HI/c1-2-15-13(16-7-10-5-6-18-9-10)17-8-11-3-4-12(14)19-11;/h3-6,9H,2,7-8H2,1H3,(H2,15,16,17);1H. The number of rotatable bonds is 5. The Labute approximate surface area is 148 Å². The van der Waals surface area contributed by atoms with Crippen LogP contribution in [0, 0.1) is 0 Å². The summed E-state index contributed by atoms with van der Waals surface area (Å²) in [6, 6.07) is 6.07. The summed E-state index contributed by atoms with van der Waals surface area (Å²) in [4.78, 5) is 5.77. The average molecular weight is 470 g/mol. The molecule has 2 rings (SSSR count). The zero-order valence-electron chi connectivity index (χ0n) is 11.1. The monoisotopic (exact) mass is 469 g/mol. The molecular formula is C13H17BrIN3OS. The maximum absolute atomic E-state index is 5.03. The molecule has 0 radical (unpaired) electrons. The fourth-order valence-corrected chi connectivity index (χ4v) is 2.94. The Morgan fingerprint density at radius 2 is 2.20 bits per heavy atom. The maximum atomic E-state index is 5.03. The Kier molecular flexibility index (Phi) is 8.24. The molecule has 0 saturated carbocycles. The smallest absolute Gasteiger partial charge is 0.191 e. The minimum absolute atomic E-state index is 0. The molecule has 0 aliphatic carbocycles. The van der Waals surface area contributed by atoms with Gasteiger partial charge in [-0.3, -0.25) is 0 Å². The third kappa shape index (κ3) is 5.84. The molecular weight excluding hydrogens is 453 g/mol. The molecule has 0 fully saturated rings. The number of hydrogen-bond acceptors (Lipinski definition) is 3. The number of thiophene rings is 1. The average Bonchev–Trinajstić information content (AvgIpc) is 3.04. The molecule has 2 N–H and O–H groups in total. The van der Waals surface area contributed by atoms with E-state index in [2.05, 4.69) is 50.6 Å². The molecule has 0 aliphatic rings. The lowest BCUT2D eigenvalue weighted by Crippen LogP contribution is -2.36. The van der Waals surface area contributed by atoms with Crippen molar-refractivity contribution in [1.29, 1.82) is 0 Å². The van der Waals surface area contributed by atoms with Crippen molar-refractivity contribution in [2.24, 2.45) is 4.99 Å². The largest absolute Gasteiger partial charge is 0.472 e. The predicted molar refractivity (Wildman–Crippen MR) is 97.8 cm³/mol. The van der Waals surface area contributed by atoms with Crippen LogP contribution < -0.4 is 10.6 Å². The van der Waals surface area contributed by atoms with E-state index in [1.807, 2.05) is 6.07 Å². The number of furan rings is 1. The van der Waals surface area contributed by atoms with Crippen LogP contribution in [0.3, 0.4) is 0 Å². The Morgan fingerprint density at radius 1 is 1.35 bits per heavy atom. The topological polar surface area (TPSA) is 49.6 Å². The normalized spacial score (nSPS) is 11.0. The van der Waals surface area contributed by atoms with Gasteiger partial charge in [-0.1, -0.05) is 0 Å². The molecule has 2 aromatic rings. The van der Waals surface area contributed by atoms with Crippen molar-refractivity contribution < 1.29 is 4.42 Å². The molecule has 4 nitrogen and oxygen atoms in total. The summed E-state index contributed by atoms with van der Waals surface area (Å²) in [6.45, 7) is 4.27. The molecule has 7 heteroatoms. The Morgan fingerprint density at radius 3 is 2.80 bits per heavy atom. The van der Waals surface area contributed by atoms with Gasteiger partial charge >= 0.3 is 0 Å². The lowest BCUT2D eigenvalue weighted by Gasteiger charge is -2.09. The van der Waals surface area contributed by atoms with Gasteiger partial charge in [0.25, 0.3) is 0 Å². The van der Waals surface area contributed by atoms with Crippen molar-refractivity contribution in [3.05, 3.63) is 45.0 Å². The van der Waals surface area contributed by atoms with Crippen molar-refractivity contribution in [3.8, 4) is 0 Å². The van der Waals surface area contributed by atoms with Crippen LogP contribution in [0.15, 0.2) is 43.9 Å². The van der Waals surface area contributed by atoms with Crippen molar-refractivity contribution in [2.45, 2.75) is 20.0 Å². The first-order valence-electron chi connectivity index (χ1n) is 6.05. The minimum Gasteiger partial charge on any atom is -0.472 e. The zero-order valence-corrected chi connectivity index (χ0v) is 15.8. The number of halogens is 2. The summed E-state index contributed by atoms with van der Waals surface area (Å²) in [5.74, 6) is 0.813. The van der Waals surface area contributed by atoms with Crippen LogP contribution >= 0.6 is 51.2 Å². The molecule has 110 valence electrons. The minimum atomic E-state index is 0. The zero-order chi connectivity index (χ0) is 13.5. The molecule has 0 amide bonds. The third-order valence-electron chi connectivity index (χ3n) is 2.40. The second kappa shape index (κ2) is 9.41. The van der Waals surface area contributed by atoms with Gasteiger partial charge in [0.15, 0.2) is 5.96 Å². The fraction of sp³-hybridized carbons (Fsp3) is 0.308. The molecule has 0 aromatic carbocycles. The van der Waals surface area contributed by atoms with Gasteiger partial charge in [0.05, 0.1) is 29.4 Å². The van der Waals surface area contributed by atoms with Crippen LogP contribution in [0.5, 0.6) is 0 Å². The van der Waals surface area contributed by atoms with E-state index in [-0.39, 0.29) is 24.0 Å². The summed E-state index contributed by atoms with van der Waals surface area (Å²) in [5.41, 5.74) is 1.07. The van der Waals surface area contributed by atoms with Crippen LogP contribution in [0.1, 0.15) is 17.4 Å². The van der Waals surface area contributed by atoms with Crippen molar-refractivity contribution in [3.63, 3.8) is 0 Å². The van der Waals surface area contributed by atoms with Crippen molar-refractivity contribution in [1.82, 2.24) is 10.6 Å². The molecule has 0 saturated heterocycles. The van der Waals surface area contributed by atoms with Gasteiger partial charge in [-0.15, -0.1) is 35.3 Å². The summed E-state index contributed by atoms with van der Waals surface area (Å²) in [6.07, 6.45) is 3.37. The summed E-state index contributed by atoms with van der Waals surface area (Å²) < 4.78 is 6.17. The van der Waals surface area contributed by atoms with Gasteiger partial charge in [0, 0.05) is 17.0 Å². The van der Waals surface area contributed by atoms with Gasteiger partial charge in [-0.2, -0.15) is 0 Å². The first-order valence-corrected chi connectivity index (χ1v) is 7.66. The van der Waals surface area contributed by atoms with Gasteiger partial charge in [0.2, 0.25) is 0 Å². The highest BCUT2D eigenvalue weighted by atomic mass is 127. The second-order valence-electron chi connectivity index (χ2n) is 3.89. The highest BCUT2D eigenvalue weighted by Crippen LogP contribution is 2.21. The van der Waals surface area contributed by atoms with Crippen molar-refractivity contribution in [2.75, 3.05) is 6.54 Å². The van der Waals surface area contributed by atoms with E-state index < -0.39 is 0 Å². The van der Waals surface area contributed by atoms with Crippen LogP contribution in [0.25, 0.3) is 0 Å². The number of aliphatic imine (C=N–C) groups is 1. The van der Waals surface area contributed by atoms with Crippen molar-refractivity contribution >= 4 is 57.2 Å². The molecule has 20 heavy (non-hydrogen) atoms. The van der Waals surface area contributed by atoms with E-state index in [0.717, 1.165) is 28.4 Å². The Bertz CT molecular complexity index is 527. The van der Waals surface area contributed by atoms with Gasteiger partial charge in [-0.25, -0.2) is 4.99 Å². The first-order chi connectivity index (χ1) is 9.28. The van der Waals surface area contributed by atoms with Crippen LogP contribution in [0.4, 0.5) is 0 Å². The number of guanidine groups is 1. The molecule has 0 unspecified atom stereocenters. The molecule has 2 heterocycles. The molecule has 0 atom stereocenters. The lowest BCUT2D eigenvalue weighted by atomic mass is 10.3. The lowest BCUT2D eigenvalue weighted by molar-refractivity contribution is 0.564. The van der Waals surface area contributed by atoms with E-state index in [4.69, 9.17) is 4.42 Å².